The highest BCUT2D eigenvalue weighted by Gasteiger charge is 2.24. The van der Waals surface area contributed by atoms with Crippen molar-refractivity contribution in [1.29, 1.82) is 0 Å². The van der Waals surface area contributed by atoms with Gasteiger partial charge in [0.2, 0.25) is 0 Å². The van der Waals surface area contributed by atoms with Crippen LogP contribution < -0.4 is 20.1 Å². The van der Waals surface area contributed by atoms with Crippen molar-refractivity contribution in [3.05, 3.63) is 52.3 Å². The molecule has 2 aliphatic heterocycles. The molecular formula is C23H31N3O3. The zero-order valence-electron chi connectivity index (χ0n) is 17.2. The van der Waals surface area contributed by atoms with Crippen molar-refractivity contribution in [2.24, 2.45) is 0 Å². The summed E-state index contributed by atoms with van der Waals surface area (Å²) in [5, 5.41) is 0. The predicted octanol–water partition coefficient (Wildman–Crippen LogP) is 3.21. The fraction of sp³-hybridized carbons (Fsp3) is 0.522. The van der Waals surface area contributed by atoms with Crippen LogP contribution in [0.2, 0.25) is 0 Å². The molecule has 2 aromatic rings. The van der Waals surface area contributed by atoms with Gasteiger partial charge in [-0.1, -0.05) is 25.0 Å². The van der Waals surface area contributed by atoms with E-state index in [9.17, 15) is 4.79 Å². The monoisotopic (exact) mass is 397 g/mol. The van der Waals surface area contributed by atoms with Crippen molar-refractivity contribution < 1.29 is 9.47 Å². The summed E-state index contributed by atoms with van der Waals surface area (Å²) in [6, 6.07) is 12.6. The van der Waals surface area contributed by atoms with E-state index in [0.717, 1.165) is 56.2 Å². The number of benzene rings is 1. The Morgan fingerprint density at radius 3 is 2.62 bits per heavy atom. The van der Waals surface area contributed by atoms with Gasteiger partial charge in [-0.2, -0.15) is 0 Å². The van der Waals surface area contributed by atoms with Crippen LogP contribution in [0.3, 0.4) is 0 Å². The third-order valence-electron chi connectivity index (χ3n) is 6.01. The van der Waals surface area contributed by atoms with E-state index in [4.69, 9.17) is 9.47 Å². The van der Waals surface area contributed by atoms with Gasteiger partial charge in [-0.25, -0.2) is 0 Å². The number of aromatic nitrogens is 1. The first-order chi connectivity index (χ1) is 14.2. The predicted molar refractivity (Wildman–Crippen MR) is 116 cm³/mol. The fourth-order valence-electron chi connectivity index (χ4n) is 4.41. The molecule has 3 heterocycles. The highest BCUT2D eigenvalue weighted by atomic mass is 16.5. The maximum atomic E-state index is 12.5. The average Bonchev–Trinajstić information content (AvgIpc) is 3.00. The minimum atomic E-state index is -0.0311. The minimum absolute atomic E-state index is 0.0311. The Kier molecular flexibility index (Phi) is 6.39. The smallest absolute Gasteiger partial charge is 0.251 e. The van der Waals surface area contributed by atoms with Crippen LogP contribution in [-0.2, 0) is 11.2 Å². The number of pyridine rings is 1. The van der Waals surface area contributed by atoms with Gasteiger partial charge in [-0.05, 0) is 37.0 Å². The molecule has 4 rings (SSSR count). The SMILES string of the molecule is COc1ccc(C[C@H]2CCCCCN2c2cc(N3CCOCC3)cc(=O)[nH]2)cc1. The van der Waals surface area contributed by atoms with E-state index in [2.05, 4.69) is 33.0 Å². The lowest BCUT2D eigenvalue weighted by molar-refractivity contribution is 0.122. The van der Waals surface area contributed by atoms with Crippen LogP contribution in [0, 0.1) is 0 Å². The van der Waals surface area contributed by atoms with Gasteiger partial charge in [0.1, 0.15) is 11.6 Å². The molecule has 0 bridgehead atoms. The van der Waals surface area contributed by atoms with Gasteiger partial charge < -0.3 is 24.3 Å². The lowest BCUT2D eigenvalue weighted by Gasteiger charge is -2.34. The third-order valence-corrected chi connectivity index (χ3v) is 6.01. The van der Waals surface area contributed by atoms with Gasteiger partial charge in [-0.3, -0.25) is 4.79 Å². The number of ether oxygens (including phenoxy) is 2. The van der Waals surface area contributed by atoms with Gasteiger partial charge in [0, 0.05) is 43.5 Å². The van der Waals surface area contributed by atoms with E-state index in [1.807, 2.05) is 12.1 Å². The molecule has 29 heavy (non-hydrogen) atoms. The van der Waals surface area contributed by atoms with E-state index in [1.165, 1.54) is 18.4 Å². The van der Waals surface area contributed by atoms with Crippen LogP contribution in [-0.4, -0.2) is 51.0 Å². The number of morpholine rings is 1. The van der Waals surface area contributed by atoms with Crippen LogP contribution in [0.15, 0.2) is 41.2 Å². The largest absolute Gasteiger partial charge is 0.497 e. The van der Waals surface area contributed by atoms with E-state index in [1.54, 1.807) is 13.2 Å². The van der Waals surface area contributed by atoms with Gasteiger partial charge in [0.25, 0.3) is 5.56 Å². The highest BCUT2D eigenvalue weighted by Crippen LogP contribution is 2.27. The van der Waals surface area contributed by atoms with Crippen LogP contribution in [0.1, 0.15) is 31.2 Å². The molecule has 0 saturated carbocycles. The Hall–Kier alpha value is -2.47. The van der Waals surface area contributed by atoms with Crippen molar-refractivity contribution in [1.82, 2.24) is 4.98 Å². The molecule has 2 saturated heterocycles. The number of methoxy groups -OCH3 is 1. The minimum Gasteiger partial charge on any atom is -0.497 e. The maximum Gasteiger partial charge on any atom is 0.251 e. The Balaban J connectivity index is 1.59. The van der Waals surface area contributed by atoms with Crippen LogP contribution in [0.25, 0.3) is 0 Å². The van der Waals surface area contributed by atoms with Crippen molar-refractivity contribution in [3.63, 3.8) is 0 Å². The molecule has 1 aromatic carbocycles. The molecule has 0 amide bonds. The molecule has 6 nitrogen and oxygen atoms in total. The van der Waals surface area contributed by atoms with E-state index in [0.29, 0.717) is 19.3 Å². The number of rotatable bonds is 5. The number of anilines is 2. The highest BCUT2D eigenvalue weighted by molar-refractivity contribution is 5.56. The summed E-state index contributed by atoms with van der Waals surface area (Å²) in [5.74, 6) is 1.83. The van der Waals surface area contributed by atoms with Gasteiger partial charge in [0.15, 0.2) is 0 Å². The lowest BCUT2D eigenvalue weighted by atomic mass is 10.0. The molecule has 1 aromatic heterocycles. The lowest BCUT2D eigenvalue weighted by Crippen LogP contribution is -2.39. The number of nitrogens with zero attached hydrogens (tertiary/aromatic N) is 2. The topological polar surface area (TPSA) is 57.8 Å². The van der Waals surface area contributed by atoms with Crippen molar-refractivity contribution >= 4 is 11.5 Å². The summed E-state index contributed by atoms with van der Waals surface area (Å²) < 4.78 is 10.8. The van der Waals surface area contributed by atoms with E-state index >= 15 is 0 Å². The Labute approximate surface area is 172 Å². The summed E-state index contributed by atoms with van der Waals surface area (Å²) in [7, 11) is 1.69. The summed E-state index contributed by atoms with van der Waals surface area (Å²) in [5.41, 5.74) is 2.27. The number of hydrogen-bond donors (Lipinski definition) is 1. The quantitative estimate of drug-likeness (QED) is 0.840. The first kappa shape index (κ1) is 19.8. The van der Waals surface area contributed by atoms with Crippen LogP contribution in [0.4, 0.5) is 11.5 Å². The van der Waals surface area contributed by atoms with Gasteiger partial charge >= 0.3 is 0 Å². The van der Waals surface area contributed by atoms with Crippen LogP contribution >= 0.6 is 0 Å². The number of nitrogens with one attached hydrogen (secondary N) is 1. The zero-order chi connectivity index (χ0) is 20.1. The van der Waals surface area contributed by atoms with Crippen molar-refractivity contribution in [2.45, 2.75) is 38.1 Å². The number of hydrogen-bond acceptors (Lipinski definition) is 5. The Bertz CT molecular complexity index is 843. The third kappa shape index (κ3) is 4.93. The molecule has 1 atom stereocenters. The molecule has 0 spiro atoms. The first-order valence-corrected chi connectivity index (χ1v) is 10.7. The van der Waals surface area contributed by atoms with E-state index < -0.39 is 0 Å². The molecule has 0 radical (unpaired) electrons. The summed E-state index contributed by atoms with van der Waals surface area (Å²) in [4.78, 5) is 20.2. The molecule has 2 fully saturated rings. The fourth-order valence-corrected chi connectivity index (χ4v) is 4.41. The van der Waals surface area contributed by atoms with E-state index in [-0.39, 0.29) is 5.56 Å². The second-order valence-corrected chi connectivity index (χ2v) is 7.94. The standard InChI is InChI=1S/C23H31N3O3/c1-28-21-8-6-18(7-9-21)15-19-5-3-2-4-10-26(19)22-16-20(17-23(27)24-22)25-11-13-29-14-12-25/h6-9,16-17,19H,2-5,10-15H2,1H3,(H,24,27)/t19-/m1/s1. The Morgan fingerprint density at radius 1 is 1.07 bits per heavy atom. The summed E-state index contributed by atoms with van der Waals surface area (Å²) >= 11 is 0. The number of H-pyrrole nitrogens is 1. The molecule has 6 heteroatoms. The first-order valence-electron chi connectivity index (χ1n) is 10.7. The molecule has 2 aliphatic rings. The second-order valence-electron chi connectivity index (χ2n) is 7.94. The molecule has 0 aliphatic carbocycles. The molecule has 1 N–H and O–H groups in total. The average molecular weight is 398 g/mol. The number of aromatic amines is 1. The van der Waals surface area contributed by atoms with Crippen LogP contribution in [0.5, 0.6) is 5.75 Å². The second kappa shape index (κ2) is 9.35. The van der Waals surface area contributed by atoms with Gasteiger partial charge in [-0.15, -0.1) is 0 Å². The molecule has 0 unspecified atom stereocenters. The molecule has 156 valence electrons. The van der Waals surface area contributed by atoms with Crippen molar-refractivity contribution in [2.75, 3.05) is 49.8 Å². The summed E-state index contributed by atoms with van der Waals surface area (Å²) in [6.45, 7) is 4.07. The van der Waals surface area contributed by atoms with Crippen molar-refractivity contribution in [3.8, 4) is 5.75 Å². The van der Waals surface area contributed by atoms with Gasteiger partial charge in [0.05, 0.1) is 20.3 Å². The normalized spacial score (nSPS) is 20.4. The maximum absolute atomic E-state index is 12.5. The zero-order valence-corrected chi connectivity index (χ0v) is 17.2. The summed E-state index contributed by atoms with van der Waals surface area (Å²) in [6.07, 6.45) is 5.72. The molecular weight excluding hydrogens is 366 g/mol. The Morgan fingerprint density at radius 2 is 1.86 bits per heavy atom.